The van der Waals surface area contributed by atoms with Gasteiger partial charge in [-0.25, -0.2) is 9.59 Å². The number of alkyl carbamates (subject to hydrolysis) is 1. The van der Waals surface area contributed by atoms with Gasteiger partial charge in [-0.3, -0.25) is 0 Å². The fourth-order valence-electron chi connectivity index (χ4n) is 2.00. The summed E-state index contributed by atoms with van der Waals surface area (Å²) in [6.45, 7) is 7.71. The van der Waals surface area contributed by atoms with E-state index in [4.69, 9.17) is 14.2 Å². The lowest BCUT2D eigenvalue weighted by Gasteiger charge is -2.19. The highest BCUT2D eigenvalue weighted by atomic mass is 16.6. The lowest BCUT2D eigenvalue weighted by Crippen LogP contribution is -2.33. The number of amides is 1. The second kappa shape index (κ2) is 8.42. The van der Waals surface area contributed by atoms with Crippen LogP contribution in [0.2, 0.25) is 0 Å². The molecule has 0 unspecified atom stereocenters. The van der Waals surface area contributed by atoms with Crippen molar-refractivity contribution in [2.24, 2.45) is 0 Å². The van der Waals surface area contributed by atoms with Crippen LogP contribution in [-0.4, -0.2) is 43.0 Å². The number of carboxylic acid groups (broad SMARTS) is 1. The third-order valence-electron chi connectivity index (χ3n) is 3.04. The number of aromatic carboxylic acids is 1. The van der Waals surface area contributed by atoms with Gasteiger partial charge in [-0.05, 0) is 46.2 Å². The van der Waals surface area contributed by atoms with E-state index in [0.29, 0.717) is 24.3 Å². The Morgan fingerprint density at radius 2 is 1.92 bits per heavy atom. The Morgan fingerprint density at radius 1 is 1.25 bits per heavy atom. The van der Waals surface area contributed by atoms with Gasteiger partial charge in [0.1, 0.15) is 22.7 Å². The van der Waals surface area contributed by atoms with E-state index in [-0.39, 0.29) is 17.9 Å². The van der Waals surface area contributed by atoms with Crippen molar-refractivity contribution in [2.45, 2.75) is 39.7 Å². The number of ether oxygens (including phenoxy) is 3. The van der Waals surface area contributed by atoms with Crippen LogP contribution in [-0.2, 0) is 4.74 Å². The Kier molecular flexibility index (Phi) is 6.88. The summed E-state index contributed by atoms with van der Waals surface area (Å²) < 4.78 is 15.9. The number of carbonyl (C=O) groups excluding carboxylic acids is 1. The lowest BCUT2D eigenvalue weighted by molar-refractivity contribution is 0.0525. The molecule has 0 bridgehead atoms. The normalized spacial score (nSPS) is 10.9. The van der Waals surface area contributed by atoms with Gasteiger partial charge in [-0.1, -0.05) is 0 Å². The average Bonchev–Trinajstić information content (AvgIpc) is 2.46. The molecule has 7 nitrogen and oxygen atoms in total. The van der Waals surface area contributed by atoms with Crippen LogP contribution in [0.25, 0.3) is 0 Å². The molecule has 24 heavy (non-hydrogen) atoms. The molecule has 0 aliphatic rings. The molecule has 0 saturated carbocycles. The van der Waals surface area contributed by atoms with Crippen molar-refractivity contribution in [2.75, 3.05) is 20.3 Å². The van der Waals surface area contributed by atoms with E-state index < -0.39 is 17.7 Å². The van der Waals surface area contributed by atoms with E-state index in [9.17, 15) is 14.7 Å². The first kappa shape index (κ1) is 19.6. The second-order valence-electron chi connectivity index (χ2n) is 6.21. The third kappa shape index (κ3) is 5.98. The number of methoxy groups -OCH3 is 1. The summed E-state index contributed by atoms with van der Waals surface area (Å²) in [7, 11) is 1.51. The summed E-state index contributed by atoms with van der Waals surface area (Å²) in [4.78, 5) is 22.8. The predicted molar refractivity (Wildman–Crippen MR) is 89.0 cm³/mol. The molecule has 1 aromatic carbocycles. The molecule has 0 fully saturated rings. The molecular formula is C17H25NO6. The largest absolute Gasteiger partial charge is 0.496 e. The fourth-order valence-corrected chi connectivity index (χ4v) is 2.00. The summed E-state index contributed by atoms with van der Waals surface area (Å²) in [5.41, 5.74) is 0.153. The molecule has 2 N–H and O–H groups in total. The average molecular weight is 339 g/mol. The van der Waals surface area contributed by atoms with Crippen molar-refractivity contribution in [1.29, 1.82) is 0 Å². The van der Waals surface area contributed by atoms with Crippen LogP contribution in [0, 0.1) is 6.92 Å². The Bertz CT molecular complexity index is 591. The van der Waals surface area contributed by atoms with Crippen LogP contribution >= 0.6 is 0 Å². The highest BCUT2D eigenvalue weighted by Gasteiger charge is 2.18. The van der Waals surface area contributed by atoms with E-state index in [0.717, 1.165) is 0 Å². The summed E-state index contributed by atoms with van der Waals surface area (Å²) in [5, 5.41) is 11.9. The fraction of sp³-hybridized carbons (Fsp3) is 0.529. The topological polar surface area (TPSA) is 94.1 Å². The summed E-state index contributed by atoms with van der Waals surface area (Å²) in [6.07, 6.45) is 0.0147. The van der Waals surface area contributed by atoms with E-state index in [1.54, 1.807) is 33.8 Å². The second-order valence-corrected chi connectivity index (χ2v) is 6.21. The van der Waals surface area contributed by atoms with Crippen molar-refractivity contribution in [3.63, 3.8) is 0 Å². The first-order valence-electron chi connectivity index (χ1n) is 7.66. The van der Waals surface area contributed by atoms with E-state index in [1.807, 2.05) is 0 Å². The Morgan fingerprint density at radius 3 is 2.46 bits per heavy atom. The van der Waals surface area contributed by atoms with Crippen LogP contribution in [0.5, 0.6) is 11.5 Å². The molecule has 0 aliphatic carbocycles. The molecule has 0 atom stereocenters. The minimum atomic E-state index is -1.07. The first-order chi connectivity index (χ1) is 11.2. The highest BCUT2D eigenvalue weighted by molar-refractivity contribution is 5.91. The van der Waals surface area contributed by atoms with E-state index in [1.165, 1.54) is 13.2 Å². The smallest absolute Gasteiger partial charge is 0.407 e. The van der Waals surface area contributed by atoms with Crippen molar-refractivity contribution in [3.8, 4) is 11.5 Å². The molecule has 0 heterocycles. The monoisotopic (exact) mass is 339 g/mol. The Labute approximate surface area is 141 Å². The molecule has 0 saturated heterocycles. The maximum atomic E-state index is 11.5. The maximum Gasteiger partial charge on any atom is 0.407 e. The van der Waals surface area contributed by atoms with Crippen LogP contribution < -0.4 is 14.8 Å². The van der Waals surface area contributed by atoms with Gasteiger partial charge in [-0.2, -0.15) is 0 Å². The van der Waals surface area contributed by atoms with E-state index in [2.05, 4.69) is 5.32 Å². The first-order valence-corrected chi connectivity index (χ1v) is 7.66. The molecule has 0 aliphatic heterocycles. The molecule has 1 aromatic rings. The van der Waals surface area contributed by atoms with Gasteiger partial charge in [0.25, 0.3) is 0 Å². The molecule has 1 rings (SSSR count). The highest BCUT2D eigenvalue weighted by Crippen LogP contribution is 2.31. The quantitative estimate of drug-likeness (QED) is 0.742. The molecule has 0 aromatic heterocycles. The van der Waals surface area contributed by atoms with Gasteiger partial charge in [-0.15, -0.1) is 0 Å². The molecule has 0 radical (unpaired) electrons. The number of carbonyl (C=O) groups is 2. The molecular weight excluding hydrogens is 314 g/mol. The number of hydrogen-bond donors (Lipinski definition) is 2. The van der Waals surface area contributed by atoms with Crippen LogP contribution in [0.15, 0.2) is 12.1 Å². The van der Waals surface area contributed by atoms with Crippen molar-refractivity contribution >= 4 is 12.1 Å². The van der Waals surface area contributed by atoms with Crippen LogP contribution in [0.1, 0.15) is 43.1 Å². The SMILES string of the molecule is COc1ccc(C(=O)O)c(OCCCNC(=O)OC(C)(C)C)c1C. The lowest BCUT2D eigenvalue weighted by atomic mass is 10.1. The Hall–Kier alpha value is -2.44. The molecule has 7 heteroatoms. The minimum Gasteiger partial charge on any atom is -0.496 e. The van der Waals surface area contributed by atoms with E-state index >= 15 is 0 Å². The minimum absolute atomic E-state index is 0.0772. The predicted octanol–water partition coefficient (Wildman–Crippen LogP) is 3.00. The Balaban J connectivity index is 2.56. The van der Waals surface area contributed by atoms with Gasteiger partial charge in [0.05, 0.1) is 13.7 Å². The number of rotatable bonds is 7. The molecule has 0 spiro atoms. The number of carboxylic acids is 1. The molecule has 134 valence electrons. The van der Waals surface area contributed by atoms with Gasteiger partial charge in [0.15, 0.2) is 0 Å². The van der Waals surface area contributed by atoms with Gasteiger partial charge >= 0.3 is 12.1 Å². The zero-order chi connectivity index (χ0) is 18.3. The van der Waals surface area contributed by atoms with Gasteiger partial charge in [0, 0.05) is 12.1 Å². The van der Waals surface area contributed by atoms with Gasteiger partial charge in [0.2, 0.25) is 0 Å². The van der Waals surface area contributed by atoms with Crippen molar-refractivity contribution < 1.29 is 28.9 Å². The van der Waals surface area contributed by atoms with Crippen molar-refractivity contribution in [1.82, 2.24) is 5.32 Å². The van der Waals surface area contributed by atoms with Crippen LogP contribution in [0.3, 0.4) is 0 Å². The maximum absolute atomic E-state index is 11.5. The van der Waals surface area contributed by atoms with Crippen LogP contribution in [0.4, 0.5) is 4.79 Å². The van der Waals surface area contributed by atoms with Gasteiger partial charge < -0.3 is 24.6 Å². The third-order valence-corrected chi connectivity index (χ3v) is 3.04. The standard InChI is InChI=1S/C17H25NO6/c1-11-13(22-5)8-7-12(15(19)20)14(11)23-10-6-9-18-16(21)24-17(2,3)4/h7-8H,6,9-10H2,1-5H3,(H,18,21)(H,19,20). The number of nitrogens with one attached hydrogen (secondary N) is 1. The molecule has 1 amide bonds. The van der Waals surface area contributed by atoms with Crippen molar-refractivity contribution in [3.05, 3.63) is 23.3 Å². The summed E-state index contributed by atoms with van der Waals surface area (Å²) in [6, 6.07) is 3.04. The zero-order valence-corrected chi connectivity index (χ0v) is 14.8. The number of hydrogen-bond acceptors (Lipinski definition) is 5. The number of benzene rings is 1. The summed E-state index contributed by atoms with van der Waals surface area (Å²) in [5.74, 6) is -0.233. The zero-order valence-electron chi connectivity index (χ0n) is 14.8. The summed E-state index contributed by atoms with van der Waals surface area (Å²) >= 11 is 0.